The summed E-state index contributed by atoms with van der Waals surface area (Å²) < 4.78 is 10.4. The number of hydrogen-bond donors (Lipinski definition) is 1. The number of rotatable bonds is 3. The van der Waals surface area contributed by atoms with Gasteiger partial charge in [0.25, 0.3) is 0 Å². The summed E-state index contributed by atoms with van der Waals surface area (Å²) in [5.74, 6) is 1.44. The van der Waals surface area contributed by atoms with E-state index in [1.54, 1.807) is 19.1 Å². The predicted molar refractivity (Wildman–Crippen MR) is 69.4 cm³/mol. The molecule has 5 nitrogen and oxygen atoms in total. The zero-order valence-electron chi connectivity index (χ0n) is 10.7. The van der Waals surface area contributed by atoms with Gasteiger partial charge >= 0.3 is 0 Å². The lowest BCUT2D eigenvalue weighted by atomic mass is 10.2. The second-order valence-corrected chi connectivity index (χ2v) is 4.08. The van der Waals surface area contributed by atoms with E-state index in [1.807, 2.05) is 18.2 Å². The Morgan fingerprint density at radius 1 is 1.17 bits per heavy atom. The highest BCUT2D eigenvalue weighted by atomic mass is 16.5. The van der Waals surface area contributed by atoms with Crippen molar-refractivity contribution in [1.29, 1.82) is 0 Å². The van der Waals surface area contributed by atoms with E-state index in [-0.39, 0.29) is 5.91 Å². The van der Waals surface area contributed by atoms with Gasteiger partial charge in [0, 0.05) is 37.8 Å². The Balaban J connectivity index is 2.28. The minimum Gasteiger partial charge on any atom is -0.493 e. The van der Waals surface area contributed by atoms with Gasteiger partial charge in [0.1, 0.15) is 0 Å². The quantitative estimate of drug-likeness (QED) is 0.870. The average Bonchev–Trinajstić information content (AvgIpc) is 2.62. The summed E-state index contributed by atoms with van der Waals surface area (Å²) in [6.07, 6.45) is 0.522. The first-order valence-corrected chi connectivity index (χ1v) is 5.99. The summed E-state index contributed by atoms with van der Waals surface area (Å²) >= 11 is 0. The van der Waals surface area contributed by atoms with Gasteiger partial charge in [-0.15, -0.1) is 0 Å². The molecule has 1 amide bonds. The van der Waals surface area contributed by atoms with Crippen LogP contribution in [0.25, 0.3) is 0 Å². The van der Waals surface area contributed by atoms with Crippen molar-refractivity contribution >= 4 is 11.6 Å². The number of hydrogen-bond acceptors (Lipinski definition) is 4. The van der Waals surface area contributed by atoms with Gasteiger partial charge in [-0.05, 0) is 12.1 Å². The molecule has 0 aromatic heterocycles. The van der Waals surface area contributed by atoms with Crippen LogP contribution in [0.4, 0.5) is 5.69 Å². The minimum absolute atomic E-state index is 0.132. The van der Waals surface area contributed by atoms with Gasteiger partial charge in [-0.3, -0.25) is 4.79 Å². The molecule has 0 saturated carbocycles. The van der Waals surface area contributed by atoms with Crippen molar-refractivity contribution in [1.82, 2.24) is 5.32 Å². The number of methoxy groups -OCH3 is 2. The molecule has 1 heterocycles. The fourth-order valence-electron chi connectivity index (χ4n) is 2.04. The molecule has 0 spiro atoms. The Bertz CT molecular complexity index is 434. The van der Waals surface area contributed by atoms with Crippen molar-refractivity contribution in [3.05, 3.63) is 18.2 Å². The van der Waals surface area contributed by atoms with Crippen molar-refractivity contribution in [2.45, 2.75) is 6.42 Å². The topological polar surface area (TPSA) is 50.8 Å². The van der Waals surface area contributed by atoms with Gasteiger partial charge in [0.2, 0.25) is 5.91 Å². The third-order valence-corrected chi connectivity index (χ3v) is 3.01. The zero-order valence-corrected chi connectivity index (χ0v) is 10.7. The zero-order chi connectivity index (χ0) is 13.0. The Hall–Kier alpha value is -1.75. The van der Waals surface area contributed by atoms with Crippen molar-refractivity contribution < 1.29 is 14.3 Å². The highest BCUT2D eigenvalue weighted by Crippen LogP contribution is 2.31. The second kappa shape index (κ2) is 5.73. The maximum absolute atomic E-state index is 12.0. The number of anilines is 1. The van der Waals surface area contributed by atoms with Crippen LogP contribution in [-0.2, 0) is 4.79 Å². The molecule has 1 saturated heterocycles. The summed E-state index contributed by atoms with van der Waals surface area (Å²) in [6.45, 7) is 2.22. The summed E-state index contributed by atoms with van der Waals surface area (Å²) in [6, 6.07) is 5.53. The van der Waals surface area contributed by atoms with Crippen molar-refractivity contribution in [3.63, 3.8) is 0 Å². The first-order valence-electron chi connectivity index (χ1n) is 5.99. The third-order valence-electron chi connectivity index (χ3n) is 3.01. The molecule has 18 heavy (non-hydrogen) atoms. The molecule has 2 rings (SSSR count). The molecule has 1 N–H and O–H groups in total. The van der Waals surface area contributed by atoms with Crippen LogP contribution in [0.3, 0.4) is 0 Å². The van der Waals surface area contributed by atoms with E-state index in [4.69, 9.17) is 9.47 Å². The molecular formula is C13H18N2O3. The van der Waals surface area contributed by atoms with Crippen LogP contribution in [0.2, 0.25) is 0 Å². The van der Waals surface area contributed by atoms with Gasteiger partial charge in [-0.25, -0.2) is 0 Å². The first-order chi connectivity index (χ1) is 8.76. The van der Waals surface area contributed by atoms with E-state index in [1.165, 1.54) is 0 Å². The predicted octanol–water partition coefficient (Wildman–Crippen LogP) is 1.03. The summed E-state index contributed by atoms with van der Waals surface area (Å²) in [5.41, 5.74) is 0.848. The van der Waals surface area contributed by atoms with E-state index < -0.39 is 0 Å². The standard InChI is InChI=1S/C13H18N2O3/c1-17-11-4-3-10(9-12(11)18-2)15-8-7-14-6-5-13(15)16/h3-4,9,14H,5-8H2,1-2H3. The molecule has 1 aliphatic heterocycles. The molecule has 5 heteroatoms. The van der Waals surface area contributed by atoms with Gasteiger partial charge in [-0.1, -0.05) is 0 Å². The van der Waals surface area contributed by atoms with Gasteiger partial charge in [0.05, 0.1) is 14.2 Å². The summed E-state index contributed by atoms with van der Waals surface area (Å²) in [7, 11) is 3.19. The first kappa shape index (κ1) is 12.7. The van der Waals surface area contributed by atoms with E-state index in [2.05, 4.69) is 5.32 Å². The molecule has 1 aromatic rings. The maximum atomic E-state index is 12.0. The number of nitrogens with one attached hydrogen (secondary N) is 1. The molecular weight excluding hydrogens is 232 g/mol. The maximum Gasteiger partial charge on any atom is 0.228 e. The Labute approximate surface area is 107 Å². The lowest BCUT2D eigenvalue weighted by Crippen LogP contribution is -2.32. The number of carbonyl (C=O) groups is 1. The third kappa shape index (κ3) is 2.56. The molecule has 98 valence electrons. The molecule has 1 aromatic carbocycles. The Morgan fingerprint density at radius 2 is 1.94 bits per heavy atom. The van der Waals surface area contributed by atoms with Gasteiger partial charge < -0.3 is 19.7 Å². The molecule has 1 aliphatic rings. The van der Waals surface area contributed by atoms with Crippen LogP contribution >= 0.6 is 0 Å². The summed E-state index contributed by atoms with van der Waals surface area (Å²) in [4.78, 5) is 13.8. The Kier molecular flexibility index (Phi) is 4.04. The van der Waals surface area contributed by atoms with Crippen molar-refractivity contribution in [2.24, 2.45) is 0 Å². The van der Waals surface area contributed by atoms with Crippen LogP contribution < -0.4 is 19.7 Å². The smallest absolute Gasteiger partial charge is 0.228 e. The van der Waals surface area contributed by atoms with E-state index in [0.717, 1.165) is 18.8 Å². The number of benzene rings is 1. The van der Waals surface area contributed by atoms with Crippen LogP contribution in [0.15, 0.2) is 18.2 Å². The van der Waals surface area contributed by atoms with Crippen molar-refractivity contribution in [3.8, 4) is 11.5 Å². The molecule has 1 fully saturated rings. The SMILES string of the molecule is COc1ccc(N2CCNCCC2=O)cc1OC. The van der Waals surface area contributed by atoms with E-state index in [0.29, 0.717) is 24.5 Å². The number of ether oxygens (including phenoxy) is 2. The van der Waals surface area contributed by atoms with E-state index >= 15 is 0 Å². The fourth-order valence-corrected chi connectivity index (χ4v) is 2.04. The fraction of sp³-hybridized carbons (Fsp3) is 0.462. The van der Waals surface area contributed by atoms with Gasteiger partial charge in [-0.2, -0.15) is 0 Å². The van der Waals surface area contributed by atoms with Crippen LogP contribution in [-0.4, -0.2) is 39.8 Å². The number of carbonyl (C=O) groups excluding carboxylic acids is 1. The molecule has 0 radical (unpaired) electrons. The molecule has 0 bridgehead atoms. The lowest BCUT2D eigenvalue weighted by molar-refractivity contribution is -0.118. The molecule has 0 atom stereocenters. The molecule has 0 unspecified atom stereocenters. The van der Waals surface area contributed by atoms with Crippen LogP contribution in [0.1, 0.15) is 6.42 Å². The number of nitrogens with zero attached hydrogens (tertiary/aromatic N) is 1. The monoisotopic (exact) mass is 250 g/mol. The second-order valence-electron chi connectivity index (χ2n) is 4.08. The van der Waals surface area contributed by atoms with Gasteiger partial charge in [0.15, 0.2) is 11.5 Å². The van der Waals surface area contributed by atoms with Crippen LogP contribution in [0.5, 0.6) is 11.5 Å². The average molecular weight is 250 g/mol. The summed E-state index contributed by atoms with van der Waals surface area (Å²) in [5, 5.41) is 3.21. The molecule has 0 aliphatic carbocycles. The largest absolute Gasteiger partial charge is 0.493 e. The van der Waals surface area contributed by atoms with E-state index in [9.17, 15) is 4.79 Å². The highest BCUT2D eigenvalue weighted by molar-refractivity contribution is 5.94. The highest BCUT2D eigenvalue weighted by Gasteiger charge is 2.19. The van der Waals surface area contributed by atoms with Crippen LogP contribution in [0, 0.1) is 0 Å². The normalized spacial score (nSPS) is 16.3. The number of amides is 1. The van der Waals surface area contributed by atoms with Crippen molar-refractivity contribution in [2.75, 3.05) is 38.8 Å². The Morgan fingerprint density at radius 3 is 2.67 bits per heavy atom. The minimum atomic E-state index is 0.132. The lowest BCUT2D eigenvalue weighted by Gasteiger charge is -2.21.